The number of fused-ring (bicyclic) bond motifs is 2. The number of amides is 2. The molecule has 2 aliphatic heterocycles. The number of carbonyl (C=O) groups excluding carboxylic acids is 2. The SMILES string of the molecule is O=C(CCCN1C(=O)c2cccnc2Oc2ccc(Cl)cc21)N1CCN(c2ccccn2)CC1. The Balaban J connectivity index is 1.23. The van der Waals surface area contributed by atoms with Gasteiger partial charge in [0.15, 0.2) is 5.75 Å². The Morgan fingerprint density at radius 1 is 1.00 bits per heavy atom. The highest BCUT2D eigenvalue weighted by Crippen LogP contribution is 2.39. The van der Waals surface area contributed by atoms with Crippen LogP contribution in [0.1, 0.15) is 23.2 Å². The first kappa shape index (κ1) is 22.2. The van der Waals surface area contributed by atoms with Gasteiger partial charge < -0.3 is 19.4 Å². The standard InChI is InChI=1S/C25H24ClN5O3/c26-18-8-9-21-20(17-18)31(25(33)19-5-3-11-28-24(19)34-21)12-4-7-23(32)30-15-13-29(14-16-30)22-6-1-2-10-27-22/h1-3,5-6,8-11,17H,4,7,12-16H2. The summed E-state index contributed by atoms with van der Waals surface area (Å²) in [7, 11) is 0. The fraction of sp³-hybridized carbons (Fsp3) is 0.280. The van der Waals surface area contributed by atoms with Crippen molar-refractivity contribution < 1.29 is 14.3 Å². The van der Waals surface area contributed by atoms with Gasteiger partial charge in [0.25, 0.3) is 5.91 Å². The van der Waals surface area contributed by atoms with Gasteiger partial charge in [0.1, 0.15) is 11.4 Å². The second-order valence-corrected chi connectivity index (χ2v) is 8.62. The Morgan fingerprint density at radius 2 is 1.82 bits per heavy atom. The van der Waals surface area contributed by atoms with Crippen LogP contribution in [0.3, 0.4) is 0 Å². The first-order valence-electron chi connectivity index (χ1n) is 11.3. The molecule has 4 heterocycles. The molecule has 2 aromatic heterocycles. The summed E-state index contributed by atoms with van der Waals surface area (Å²) in [5, 5.41) is 0.501. The number of piperazine rings is 1. The first-order valence-corrected chi connectivity index (χ1v) is 11.7. The van der Waals surface area contributed by atoms with Gasteiger partial charge in [-0.25, -0.2) is 9.97 Å². The van der Waals surface area contributed by atoms with Crippen LogP contribution in [-0.2, 0) is 4.79 Å². The van der Waals surface area contributed by atoms with Crippen molar-refractivity contribution in [1.29, 1.82) is 0 Å². The minimum Gasteiger partial charge on any atom is -0.436 e. The van der Waals surface area contributed by atoms with Crippen molar-refractivity contribution in [2.45, 2.75) is 12.8 Å². The van der Waals surface area contributed by atoms with Crippen LogP contribution in [0.15, 0.2) is 60.9 Å². The molecule has 0 saturated carbocycles. The van der Waals surface area contributed by atoms with Gasteiger partial charge in [-0.05, 0) is 48.9 Å². The number of hydrogen-bond donors (Lipinski definition) is 0. The molecule has 2 aliphatic rings. The number of rotatable bonds is 5. The number of aromatic nitrogens is 2. The van der Waals surface area contributed by atoms with Crippen LogP contribution in [0.25, 0.3) is 0 Å². The van der Waals surface area contributed by atoms with E-state index in [1.54, 1.807) is 47.6 Å². The lowest BCUT2D eigenvalue weighted by atomic mass is 10.1. The van der Waals surface area contributed by atoms with Gasteiger partial charge >= 0.3 is 0 Å². The highest BCUT2D eigenvalue weighted by Gasteiger charge is 2.29. The molecule has 1 aromatic carbocycles. The molecule has 0 atom stereocenters. The van der Waals surface area contributed by atoms with Crippen molar-refractivity contribution in [3.63, 3.8) is 0 Å². The molecule has 1 fully saturated rings. The van der Waals surface area contributed by atoms with Crippen LogP contribution < -0.4 is 14.5 Å². The van der Waals surface area contributed by atoms with E-state index in [1.165, 1.54) is 0 Å². The lowest BCUT2D eigenvalue weighted by Gasteiger charge is -2.35. The second-order valence-electron chi connectivity index (χ2n) is 8.19. The number of ether oxygens (including phenoxy) is 1. The average molecular weight is 478 g/mol. The molecule has 0 unspecified atom stereocenters. The maximum Gasteiger partial charge on any atom is 0.263 e. The number of hydrogen-bond acceptors (Lipinski definition) is 6. The molecule has 0 N–H and O–H groups in total. The molecule has 0 bridgehead atoms. The highest BCUT2D eigenvalue weighted by atomic mass is 35.5. The van der Waals surface area contributed by atoms with E-state index in [2.05, 4.69) is 14.9 Å². The van der Waals surface area contributed by atoms with Crippen LogP contribution in [0.5, 0.6) is 11.6 Å². The Hall–Kier alpha value is -3.65. The molecule has 9 heteroatoms. The lowest BCUT2D eigenvalue weighted by molar-refractivity contribution is -0.131. The van der Waals surface area contributed by atoms with Gasteiger partial charge in [-0.1, -0.05) is 17.7 Å². The Bertz CT molecular complexity index is 1200. The molecule has 0 spiro atoms. The number of pyridine rings is 2. The predicted octanol–water partition coefficient (Wildman–Crippen LogP) is 4.01. The van der Waals surface area contributed by atoms with E-state index in [9.17, 15) is 9.59 Å². The van der Waals surface area contributed by atoms with Gasteiger partial charge in [0, 0.05) is 56.6 Å². The maximum atomic E-state index is 13.3. The summed E-state index contributed by atoms with van der Waals surface area (Å²) < 4.78 is 5.91. The zero-order chi connectivity index (χ0) is 23.5. The average Bonchev–Trinajstić information content (AvgIpc) is 2.99. The summed E-state index contributed by atoms with van der Waals surface area (Å²) >= 11 is 6.22. The summed E-state index contributed by atoms with van der Waals surface area (Å²) in [6, 6.07) is 14.4. The normalized spacial score (nSPS) is 15.3. The molecule has 34 heavy (non-hydrogen) atoms. The third-order valence-electron chi connectivity index (χ3n) is 6.04. The minimum atomic E-state index is -0.222. The van der Waals surface area contributed by atoms with Crippen molar-refractivity contribution in [3.8, 4) is 11.6 Å². The van der Waals surface area contributed by atoms with Crippen molar-refractivity contribution in [2.24, 2.45) is 0 Å². The van der Waals surface area contributed by atoms with Crippen LogP contribution >= 0.6 is 11.6 Å². The molecular formula is C25H24ClN5O3. The molecule has 174 valence electrons. The minimum absolute atomic E-state index is 0.0903. The first-order chi connectivity index (χ1) is 16.6. The van der Waals surface area contributed by atoms with E-state index in [1.807, 2.05) is 23.1 Å². The third-order valence-corrected chi connectivity index (χ3v) is 6.28. The Morgan fingerprint density at radius 3 is 2.62 bits per heavy atom. The van der Waals surface area contributed by atoms with Crippen LogP contribution in [-0.4, -0.2) is 59.4 Å². The predicted molar refractivity (Wildman–Crippen MR) is 130 cm³/mol. The van der Waals surface area contributed by atoms with Crippen molar-refractivity contribution >= 4 is 34.9 Å². The maximum absolute atomic E-state index is 13.3. The number of benzene rings is 1. The van der Waals surface area contributed by atoms with E-state index in [4.69, 9.17) is 16.3 Å². The topological polar surface area (TPSA) is 78.9 Å². The van der Waals surface area contributed by atoms with Gasteiger partial charge in [0.05, 0.1) is 5.69 Å². The van der Waals surface area contributed by atoms with E-state index in [-0.39, 0.29) is 17.7 Å². The van der Waals surface area contributed by atoms with Gasteiger partial charge in [-0.15, -0.1) is 0 Å². The molecular weight excluding hydrogens is 454 g/mol. The summed E-state index contributed by atoms with van der Waals surface area (Å²) in [6.45, 7) is 3.18. The van der Waals surface area contributed by atoms with Crippen LogP contribution in [0.4, 0.5) is 11.5 Å². The molecule has 8 nitrogen and oxygen atoms in total. The van der Waals surface area contributed by atoms with Gasteiger partial charge in [-0.2, -0.15) is 0 Å². The second kappa shape index (κ2) is 9.69. The van der Waals surface area contributed by atoms with E-state index in [0.717, 1.165) is 18.9 Å². The Kier molecular flexibility index (Phi) is 6.31. The zero-order valence-electron chi connectivity index (χ0n) is 18.6. The van der Waals surface area contributed by atoms with Crippen LogP contribution in [0, 0.1) is 0 Å². The number of anilines is 2. The van der Waals surface area contributed by atoms with Crippen molar-refractivity contribution in [1.82, 2.24) is 14.9 Å². The molecule has 0 radical (unpaired) electrons. The smallest absolute Gasteiger partial charge is 0.263 e. The van der Waals surface area contributed by atoms with Crippen molar-refractivity contribution in [2.75, 3.05) is 42.5 Å². The van der Waals surface area contributed by atoms with Crippen LogP contribution in [0.2, 0.25) is 5.02 Å². The fourth-order valence-corrected chi connectivity index (χ4v) is 4.44. The Labute approximate surface area is 202 Å². The number of halogens is 1. The highest BCUT2D eigenvalue weighted by molar-refractivity contribution is 6.31. The molecule has 0 aliphatic carbocycles. The summed E-state index contributed by atoms with van der Waals surface area (Å²) in [5.74, 6) is 1.57. The van der Waals surface area contributed by atoms with E-state index in [0.29, 0.717) is 54.5 Å². The fourth-order valence-electron chi connectivity index (χ4n) is 4.28. The molecule has 3 aromatic rings. The largest absolute Gasteiger partial charge is 0.436 e. The quantitative estimate of drug-likeness (QED) is 0.552. The zero-order valence-corrected chi connectivity index (χ0v) is 19.3. The summed E-state index contributed by atoms with van der Waals surface area (Å²) in [6.07, 6.45) is 4.24. The third kappa shape index (κ3) is 4.54. The lowest BCUT2D eigenvalue weighted by Crippen LogP contribution is -2.49. The van der Waals surface area contributed by atoms with Gasteiger partial charge in [-0.3, -0.25) is 9.59 Å². The number of carbonyl (C=O) groups is 2. The molecule has 2 amide bonds. The molecule has 5 rings (SSSR count). The monoisotopic (exact) mass is 477 g/mol. The number of nitrogens with zero attached hydrogens (tertiary/aromatic N) is 5. The summed E-state index contributed by atoms with van der Waals surface area (Å²) in [5.41, 5.74) is 0.957. The van der Waals surface area contributed by atoms with E-state index < -0.39 is 0 Å². The van der Waals surface area contributed by atoms with E-state index >= 15 is 0 Å². The van der Waals surface area contributed by atoms with Crippen molar-refractivity contribution in [3.05, 3.63) is 71.5 Å². The molecule has 1 saturated heterocycles. The van der Waals surface area contributed by atoms with Gasteiger partial charge in [0.2, 0.25) is 11.8 Å². The summed E-state index contributed by atoms with van der Waals surface area (Å²) in [4.78, 5) is 40.5.